The van der Waals surface area contributed by atoms with Crippen LogP contribution in [0, 0.1) is 0 Å². The van der Waals surface area contributed by atoms with E-state index < -0.39 is 17.4 Å². The third kappa shape index (κ3) is 4.03. The first-order valence-electron chi connectivity index (χ1n) is 10.3. The Morgan fingerprint density at radius 2 is 0.906 bits per heavy atom. The average Bonchev–Trinajstić information content (AvgIpc) is 2.84. The zero-order valence-electron chi connectivity index (χ0n) is 17.3. The lowest BCUT2D eigenvalue weighted by Gasteiger charge is -2.36. The van der Waals surface area contributed by atoms with Crippen LogP contribution in [0.2, 0.25) is 0 Å². The number of carboxylic acids is 2. The Morgan fingerprint density at radius 1 is 0.531 bits per heavy atom. The van der Waals surface area contributed by atoms with Crippen molar-refractivity contribution in [1.29, 1.82) is 0 Å². The fourth-order valence-corrected chi connectivity index (χ4v) is 4.23. The van der Waals surface area contributed by atoms with Crippen LogP contribution in [0.25, 0.3) is 0 Å². The van der Waals surface area contributed by atoms with Gasteiger partial charge >= 0.3 is 11.9 Å². The summed E-state index contributed by atoms with van der Waals surface area (Å²) in [6, 6.07) is 34.0. The zero-order chi connectivity index (χ0) is 22.6. The number of carbonyl (C=O) groups is 2. The zero-order valence-corrected chi connectivity index (χ0v) is 17.3. The maximum absolute atomic E-state index is 11.4. The molecule has 0 unspecified atom stereocenters. The summed E-state index contributed by atoms with van der Waals surface area (Å²) in [7, 11) is 0. The second-order valence-electron chi connectivity index (χ2n) is 7.70. The van der Waals surface area contributed by atoms with E-state index in [2.05, 4.69) is 24.3 Å². The second kappa shape index (κ2) is 8.90. The van der Waals surface area contributed by atoms with Crippen molar-refractivity contribution >= 4 is 11.9 Å². The molecule has 0 bridgehead atoms. The van der Waals surface area contributed by atoms with E-state index in [0.29, 0.717) is 6.42 Å². The molecule has 0 saturated carbocycles. The van der Waals surface area contributed by atoms with E-state index in [9.17, 15) is 19.8 Å². The summed E-state index contributed by atoms with van der Waals surface area (Å²) < 4.78 is 0. The van der Waals surface area contributed by atoms with Gasteiger partial charge in [-0.1, -0.05) is 84.9 Å². The third-order valence-electron chi connectivity index (χ3n) is 5.83. The van der Waals surface area contributed by atoms with Gasteiger partial charge in [0, 0.05) is 5.41 Å². The van der Waals surface area contributed by atoms with Crippen molar-refractivity contribution < 1.29 is 19.8 Å². The molecule has 0 aliphatic heterocycles. The first-order chi connectivity index (χ1) is 15.5. The van der Waals surface area contributed by atoms with Gasteiger partial charge in [-0.2, -0.15) is 0 Å². The van der Waals surface area contributed by atoms with Crippen LogP contribution in [-0.2, 0) is 11.8 Å². The van der Waals surface area contributed by atoms with Gasteiger partial charge in [-0.15, -0.1) is 0 Å². The predicted molar refractivity (Wildman–Crippen MR) is 123 cm³/mol. The Bertz CT molecular complexity index is 1150. The summed E-state index contributed by atoms with van der Waals surface area (Å²) in [5, 5.41) is 18.7. The molecule has 2 N–H and O–H groups in total. The molecule has 0 aliphatic carbocycles. The van der Waals surface area contributed by atoms with Gasteiger partial charge in [-0.3, -0.25) is 0 Å². The number of benzene rings is 4. The van der Waals surface area contributed by atoms with Gasteiger partial charge in [-0.25, -0.2) is 9.59 Å². The summed E-state index contributed by atoms with van der Waals surface area (Å²) in [5.74, 6) is -1.95. The van der Waals surface area contributed by atoms with Crippen molar-refractivity contribution in [1.82, 2.24) is 0 Å². The minimum absolute atomic E-state index is 0.219. The summed E-state index contributed by atoms with van der Waals surface area (Å²) in [5.41, 5.74) is 3.81. The van der Waals surface area contributed by atoms with Gasteiger partial charge < -0.3 is 10.2 Å². The van der Waals surface area contributed by atoms with E-state index in [1.165, 1.54) is 0 Å². The fourth-order valence-electron chi connectivity index (χ4n) is 4.23. The molecule has 0 saturated heterocycles. The molecule has 158 valence electrons. The van der Waals surface area contributed by atoms with Crippen molar-refractivity contribution in [2.24, 2.45) is 0 Å². The number of hydrogen-bond acceptors (Lipinski definition) is 2. The maximum atomic E-state index is 11.4. The molecule has 4 aromatic rings. The van der Waals surface area contributed by atoms with Crippen LogP contribution in [0.5, 0.6) is 0 Å². The number of carboxylic acid groups (broad SMARTS) is 2. The summed E-state index contributed by atoms with van der Waals surface area (Å²) in [6.07, 6.45) is 0.622. The second-order valence-corrected chi connectivity index (χ2v) is 7.70. The van der Waals surface area contributed by atoms with Crippen molar-refractivity contribution in [3.63, 3.8) is 0 Å². The average molecular weight is 422 g/mol. The Labute approximate surface area is 186 Å². The van der Waals surface area contributed by atoms with Crippen molar-refractivity contribution in [3.8, 4) is 0 Å². The van der Waals surface area contributed by atoms with Crippen LogP contribution in [-0.4, -0.2) is 22.2 Å². The molecule has 4 aromatic carbocycles. The largest absolute Gasteiger partial charge is 0.478 e. The van der Waals surface area contributed by atoms with E-state index in [0.717, 1.165) is 22.3 Å². The lowest BCUT2D eigenvalue weighted by Crippen LogP contribution is -2.32. The quantitative estimate of drug-likeness (QED) is 0.377. The lowest BCUT2D eigenvalue weighted by molar-refractivity contribution is 0.0686. The van der Waals surface area contributed by atoms with Gasteiger partial charge in [0.2, 0.25) is 0 Å². The summed E-state index contributed by atoms with van der Waals surface area (Å²) >= 11 is 0. The predicted octanol–water partition coefficient (Wildman–Crippen LogP) is 5.66. The van der Waals surface area contributed by atoms with Crippen molar-refractivity contribution in [3.05, 3.63) is 143 Å². The Hall–Kier alpha value is -4.18. The number of hydrogen-bond donors (Lipinski definition) is 2. The SMILES string of the molecule is O=C(O)c1ccc(C(Cc2ccccc2)(c2ccccc2)c2ccc(C(=O)O)cc2)cc1. The van der Waals surface area contributed by atoms with Gasteiger partial charge in [0.1, 0.15) is 0 Å². The molecule has 4 rings (SSSR count). The molecule has 4 heteroatoms. The van der Waals surface area contributed by atoms with E-state index in [4.69, 9.17) is 0 Å². The van der Waals surface area contributed by atoms with E-state index >= 15 is 0 Å². The molecular formula is C28H22O4. The molecule has 0 fully saturated rings. The van der Waals surface area contributed by atoms with E-state index in [1.54, 1.807) is 24.3 Å². The first kappa shape index (κ1) is 21.1. The maximum Gasteiger partial charge on any atom is 0.335 e. The number of rotatable bonds is 7. The molecule has 0 atom stereocenters. The standard InChI is InChI=1S/C28H22O4/c29-26(30)21-11-15-24(16-12-21)28(23-9-5-2-6-10-23,19-20-7-3-1-4-8-20)25-17-13-22(14-18-25)27(31)32/h1-18H,19H2,(H,29,30)(H,31,32). The third-order valence-corrected chi connectivity index (χ3v) is 5.83. The first-order valence-corrected chi connectivity index (χ1v) is 10.3. The summed E-state index contributed by atoms with van der Waals surface area (Å²) in [6.45, 7) is 0. The Balaban J connectivity index is 1.99. The topological polar surface area (TPSA) is 74.6 Å². The van der Waals surface area contributed by atoms with Crippen LogP contribution < -0.4 is 0 Å². The van der Waals surface area contributed by atoms with Crippen LogP contribution in [0.3, 0.4) is 0 Å². The highest BCUT2D eigenvalue weighted by Crippen LogP contribution is 2.42. The van der Waals surface area contributed by atoms with Gasteiger partial charge in [-0.05, 0) is 52.9 Å². The lowest BCUT2D eigenvalue weighted by atomic mass is 9.66. The highest BCUT2D eigenvalue weighted by molar-refractivity contribution is 5.88. The summed E-state index contributed by atoms with van der Waals surface area (Å²) in [4.78, 5) is 22.9. The van der Waals surface area contributed by atoms with Crippen LogP contribution in [0.15, 0.2) is 109 Å². The molecular weight excluding hydrogens is 400 g/mol. The van der Waals surface area contributed by atoms with Crippen LogP contribution >= 0.6 is 0 Å². The van der Waals surface area contributed by atoms with Gasteiger partial charge in [0.15, 0.2) is 0 Å². The monoisotopic (exact) mass is 422 g/mol. The van der Waals surface area contributed by atoms with Crippen LogP contribution in [0.1, 0.15) is 43.0 Å². The molecule has 0 radical (unpaired) electrons. The molecule has 4 nitrogen and oxygen atoms in total. The van der Waals surface area contributed by atoms with Crippen molar-refractivity contribution in [2.45, 2.75) is 11.8 Å². The number of aromatic carboxylic acids is 2. The van der Waals surface area contributed by atoms with Crippen LogP contribution in [0.4, 0.5) is 0 Å². The van der Waals surface area contributed by atoms with E-state index in [1.807, 2.05) is 60.7 Å². The van der Waals surface area contributed by atoms with Crippen molar-refractivity contribution in [2.75, 3.05) is 0 Å². The molecule has 0 amide bonds. The molecule has 32 heavy (non-hydrogen) atoms. The minimum Gasteiger partial charge on any atom is -0.478 e. The highest BCUT2D eigenvalue weighted by atomic mass is 16.4. The fraction of sp³-hybridized carbons (Fsp3) is 0.0714. The van der Waals surface area contributed by atoms with Gasteiger partial charge in [0.25, 0.3) is 0 Å². The minimum atomic E-state index is -0.976. The molecule has 0 heterocycles. The Morgan fingerprint density at radius 3 is 1.31 bits per heavy atom. The Kier molecular flexibility index (Phi) is 5.86. The van der Waals surface area contributed by atoms with Gasteiger partial charge in [0.05, 0.1) is 11.1 Å². The molecule has 0 spiro atoms. The molecule has 0 aliphatic rings. The molecule has 0 aromatic heterocycles. The smallest absolute Gasteiger partial charge is 0.335 e. The van der Waals surface area contributed by atoms with E-state index in [-0.39, 0.29) is 11.1 Å². The normalized spacial score (nSPS) is 11.1. The highest BCUT2D eigenvalue weighted by Gasteiger charge is 2.36.